The van der Waals surface area contributed by atoms with Crippen molar-refractivity contribution in [3.05, 3.63) is 64.1 Å². The van der Waals surface area contributed by atoms with Crippen LogP contribution >= 0.6 is 11.3 Å². The zero-order valence-corrected chi connectivity index (χ0v) is 16.7. The van der Waals surface area contributed by atoms with Crippen LogP contribution in [-0.2, 0) is 16.0 Å². The first-order valence-corrected chi connectivity index (χ1v) is 9.89. The largest absolute Gasteiger partial charge is 0.461 e. The van der Waals surface area contributed by atoms with Crippen molar-refractivity contribution in [3.63, 3.8) is 0 Å². The van der Waals surface area contributed by atoms with E-state index in [2.05, 4.69) is 4.98 Å². The molecule has 0 radical (unpaired) electrons. The van der Waals surface area contributed by atoms with Gasteiger partial charge >= 0.3 is 5.97 Å². The number of benzene rings is 2. The Morgan fingerprint density at radius 3 is 2.68 bits per heavy atom. The first kappa shape index (κ1) is 20.0. The van der Waals surface area contributed by atoms with Gasteiger partial charge in [-0.05, 0) is 29.8 Å². The lowest BCUT2D eigenvalue weighted by atomic mass is 10.1. The molecule has 0 aliphatic carbocycles. The zero-order valence-electron chi connectivity index (χ0n) is 15.9. The topological polar surface area (TPSA) is 68.7 Å². The third-order valence-corrected chi connectivity index (χ3v) is 5.04. The van der Waals surface area contributed by atoms with Crippen LogP contribution < -0.4 is 0 Å². The molecule has 0 bridgehead atoms. The number of fused-ring (bicyclic) bond motifs is 1. The van der Waals surface area contributed by atoms with Gasteiger partial charge in [-0.15, -0.1) is 11.3 Å². The van der Waals surface area contributed by atoms with Crippen LogP contribution in [0.1, 0.15) is 32.8 Å². The molecule has 0 saturated carbocycles. The Morgan fingerprint density at radius 2 is 1.93 bits per heavy atom. The quantitative estimate of drug-likeness (QED) is 0.541. The standard InChI is InChI=1S/C21H22N2O4S/c1-3-27-21(25)18-14-28-19(22-18)13-23(10-11-26-2)20(24)17-9-8-15-6-4-5-7-16(15)12-17/h4-9,12,14H,3,10-11,13H2,1-2H3. The Balaban J connectivity index is 1.80. The molecule has 0 unspecified atom stereocenters. The van der Waals surface area contributed by atoms with Gasteiger partial charge in [0.25, 0.3) is 5.91 Å². The molecule has 1 aromatic heterocycles. The van der Waals surface area contributed by atoms with E-state index in [1.54, 1.807) is 24.3 Å². The Labute approximate surface area is 167 Å². The summed E-state index contributed by atoms with van der Waals surface area (Å²) in [6.07, 6.45) is 0. The highest BCUT2D eigenvalue weighted by Crippen LogP contribution is 2.19. The van der Waals surface area contributed by atoms with Crippen LogP contribution in [0.4, 0.5) is 0 Å². The molecule has 0 N–H and O–H groups in total. The van der Waals surface area contributed by atoms with E-state index in [0.717, 1.165) is 10.8 Å². The molecule has 1 heterocycles. The maximum atomic E-state index is 13.1. The SMILES string of the molecule is CCOC(=O)c1csc(CN(CCOC)C(=O)c2ccc3ccccc3c2)n1. The summed E-state index contributed by atoms with van der Waals surface area (Å²) in [4.78, 5) is 30.9. The van der Waals surface area contributed by atoms with Crippen LogP contribution in [0, 0.1) is 0 Å². The molecule has 7 heteroatoms. The third kappa shape index (κ3) is 4.74. The van der Waals surface area contributed by atoms with Crippen LogP contribution in [0.3, 0.4) is 0 Å². The van der Waals surface area contributed by atoms with Crippen molar-refractivity contribution in [2.75, 3.05) is 26.9 Å². The van der Waals surface area contributed by atoms with Crippen LogP contribution in [0.5, 0.6) is 0 Å². The van der Waals surface area contributed by atoms with E-state index in [1.165, 1.54) is 11.3 Å². The van der Waals surface area contributed by atoms with Gasteiger partial charge in [0.1, 0.15) is 5.01 Å². The van der Waals surface area contributed by atoms with Gasteiger partial charge in [-0.3, -0.25) is 4.79 Å². The second-order valence-corrected chi connectivity index (χ2v) is 7.07. The fourth-order valence-corrected chi connectivity index (χ4v) is 3.58. The van der Waals surface area contributed by atoms with Crippen molar-refractivity contribution < 1.29 is 19.1 Å². The monoisotopic (exact) mass is 398 g/mol. The van der Waals surface area contributed by atoms with Crippen molar-refractivity contribution in [2.24, 2.45) is 0 Å². The Kier molecular flexibility index (Phi) is 6.73. The molecule has 28 heavy (non-hydrogen) atoms. The van der Waals surface area contributed by atoms with E-state index in [4.69, 9.17) is 9.47 Å². The van der Waals surface area contributed by atoms with Crippen LogP contribution in [-0.4, -0.2) is 48.6 Å². The van der Waals surface area contributed by atoms with Crippen LogP contribution in [0.25, 0.3) is 10.8 Å². The van der Waals surface area contributed by atoms with Crippen molar-refractivity contribution in [1.82, 2.24) is 9.88 Å². The molecule has 0 saturated heterocycles. The molecule has 6 nitrogen and oxygen atoms in total. The first-order chi connectivity index (χ1) is 13.6. The maximum Gasteiger partial charge on any atom is 0.357 e. The van der Waals surface area contributed by atoms with Gasteiger partial charge in [0.15, 0.2) is 5.69 Å². The summed E-state index contributed by atoms with van der Waals surface area (Å²) in [5, 5.41) is 4.43. The number of aromatic nitrogens is 1. The number of carbonyl (C=O) groups excluding carboxylic acids is 2. The maximum absolute atomic E-state index is 13.1. The third-order valence-electron chi connectivity index (χ3n) is 4.21. The summed E-state index contributed by atoms with van der Waals surface area (Å²) in [7, 11) is 1.60. The van der Waals surface area contributed by atoms with E-state index in [-0.39, 0.29) is 11.6 Å². The van der Waals surface area contributed by atoms with Gasteiger partial charge in [-0.2, -0.15) is 0 Å². The lowest BCUT2D eigenvalue weighted by Crippen LogP contribution is -2.33. The highest BCUT2D eigenvalue weighted by molar-refractivity contribution is 7.09. The Hall–Kier alpha value is -2.77. The Morgan fingerprint density at radius 1 is 1.14 bits per heavy atom. The molecule has 0 aliphatic heterocycles. The van der Waals surface area contributed by atoms with Crippen LogP contribution in [0.2, 0.25) is 0 Å². The number of hydrogen-bond acceptors (Lipinski definition) is 6. The number of methoxy groups -OCH3 is 1. The van der Waals surface area contributed by atoms with E-state index in [9.17, 15) is 9.59 Å². The van der Waals surface area contributed by atoms with Crippen molar-refractivity contribution in [2.45, 2.75) is 13.5 Å². The van der Waals surface area contributed by atoms with Gasteiger partial charge < -0.3 is 14.4 Å². The average molecular weight is 398 g/mol. The highest BCUT2D eigenvalue weighted by atomic mass is 32.1. The predicted octanol–water partition coefficient (Wildman–Crippen LogP) is 3.76. The van der Waals surface area contributed by atoms with Crippen molar-refractivity contribution in [3.8, 4) is 0 Å². The number of amides is 1. The number of nitrogens with zero attached hydrogens (tertiary/aromatic N) is 2. The lowest BCUT2D eigenvalue weighted by Gasteiger charge is -2.21. The summed E-state index contributed by atoms with van der Waals surface area (Å²) >= 11 is 1.33. The van der Waals surface area contributed by atoms with Gasteiger partial charge in [0.2, 0.25) is 0 Å². The minimum atomic E-state index is -0.450. The number of ether oxygens (including phenoxy) is 2. The smallest absolute Gasteiger partial charge is 0.357 e. The molecule has 0 spiro atoms. The number of thiazole rings is 1. The van der Waals surface area contributed by atoms with Crippen molar-refractivity contribution >= 4 is 34.0 Å². The molecular weight excluding hydrogens is 376 g/mol. The van der Waals surface area contributed by atoms with Gasteiger partial charge in [-0.1, -0.05) is 30.3 Å². The molecule has 2 aromatic carbocycles. The zero-order chi connectivity index (χ0) is 19.9. The van der Waals surface area contributed by atoms with E-state index in [1.807, 2.05) is 42.5 Å². The normalized spacial score (nSPS) is 10.8. The minimum Gasteiger partial charge on any atom is -0.461 e. The predicted molar refractivity (Wildman–Crippen MR) is 109 cm³/mol. The van der Waals surface area contributed by atoms with Gasteiger partial charge in [0.05, 0.1) is 19.8 Å². The molecule has 3 aromatic rings. The van der Waals surface area contributed by atoms with Gasteiger partial charge in [-0.25, -0.2) is 9.78 Å². The molecule has 146 valence electrons. The Bertz CT molecular complexity index is 970. The average Bonchev–Trinajstić information content (AvgIpc) is 3.19. The van der Waals surface area contributed by atoms with Gasteiger partial charge in [0, 0.05) is 24.6 Å². The molecular formula is C21H22N2O4S. The molecule has 0 atom stereocenters. The second-order valence-electron chi connectivity index (χ2n) is 6.13. The summed E-state index contributed by atoms with van der Waals surface area (Å²) < 4.78 is 10.1. The first-order valence-electron chi connectivity index (χ1n) is 9.01. The van der Waals surface area contributed by atoms with Crippen LogP contribution in [0.15, 0.2) is 47.8 Å². The number of rotatable bonds is 8. The summed E-state index contributed by atoms with van der Waals surface area (Å²) in [6, 6.07) is 13.6. The van der Waals surface area contributed by atoms with E-state index in [0.29, 0.717) is 36.9 Å². The number of hydrogen-bond donors (Lipinski definition) is 0. The molecule has 3 rings (SSSR count). The lowest BCUT2D eigenvalue weighted by molar-refractivity contribution is 0.0520. The molecule has 0 aliphatic rings. The fraction of sp³-hybridized carbons (Fsp3) is 0.286. The second kappa shape index (κ2) is 9.43. The minimum absolute atomic E-state index is 0.101. The van der Waals surface area contributed by atoms with E-state index < -0.39 is 5.97 Å². The fourth-order valence-electron chi connectivity index (χ4n) is 2.80. The van der Waals surface area contributed by atoms with Crippen molar-refractivity contribution in [1.29, 1.82) is 0 Å². The summed E-state index contributed by atoms with van der Waals surface area (Å²) in [6.45, 7) is 3.19. The van der Waals surface area contributed by atoms with E-state index >= 15 is 0 Å². The summed E-state index contributed by atoms with van der Waals surface area (Å²) in [5.74, 6) is -0.551. The highest BCUT2D eigenvalue weighted by Gasteiger charge is 2.19. The molecule has 1 amide bonds. The summed E-state index contributed by atoms with van der Waals surface area (Å²) in [5.41, 5.74) is 0.878. The number of carbonyl (C=O) groups is 2. The number of esters is 1. The molecule has 0 fully saturated rings.